The number of aliphatic hydroxyl groups is 1. The van der Waals surface area contributed by atoms with Crippen LogP contribution in [0, 0.1) is 0 Å². The Balaban J connectivity index is 1.69. The van der Waals surface area contributed by atoms with Gasteiger partial charge in [-0.1, -0.05) is 43.2 Å². The molecule has 5 heteroatoms. The molecule has 0 bridgehead atoms. The van der Waals surface area contributed by atoms with E-state index in [-0.39, 0.29) is 11.9 Å². The molecule has 0 radical (unpaired) electrons. The zero-order valence-electron chi connectivity index (χ0n) is 13.9. The molecular formula is C19H25N3O2. The van der Waals surface area contributed by atoms with E-state index in [0.29, 0.717) is 13.0 Å². The molecule has 3 rings (SSSR count). The van der Waals surface area contributed by atoms with Crippen molar-refractivity contribution in [2.45, 2.75) is 50.8 Å². The molecule has 1 N–H and O–H groups in total. The summed E-state index contributed by atoms with van der Waals surface area (Å²) in [6, 6.07) is 9.81. The van der Waals surface area contributed by atoms with E-state index < -0.39 is 6.10 Å². The molecule has 0 unspecified atom stereocenters. The highest BCUT2D eigenvalue weighted by molar-refractivity contribution is 5.76. The summed E-state index contributed by atoms with van der Waals surface area (Å²) in [5.41, 5.74) is 0.920. The SMILES string of the molecule is O=C(Cn1ccnc1)N1CCCCC[C@H]1C[C@H](O)c1ccccc1. The Labute approximate surface area is 142 Å². The molecule has 2 atom stereocenters. The fourth-order valence-electron chi connectivity index (χ4n) is 3.45. The van der Waals surface area contributed by atoms with Crippen LogP contribution in [0.25, 0.3) is 0 Å². The maximum Gasteiger partial charge on any atom is 0.242 e. The average Bonchev–Trinajstić information content (AvgIpc) is 3.00. The number of likely N-dealkylation sites (tertiary alicyclic amines) is 1. The number of aliphatic hydroxyl groups excluding tert-OH is 1. The number of hydrogen-bond donors (Lipinski definition) is 1. The van der Waals surface area contributed by atoms with Crippen molar-refractivity contribution in [3.05, 3.63) is 54.6 Å². The Morgan fingerprint density at radius 1 is 1.25 bits per heavy atom. The summed E-state index contributed by atoms with van der Waals surface area (Å²) in [7, 11) is 0. The summed E-state index contributed by atoms with van der Waals surface area (Å²) in [6.07, 6.45) is 9.48. The Morgan fingerprint density at radius 2 is 2.08 bits per heavy atom. The minimum atomic E-state index is -0.530. The minimum Gasteiger partial charge on any atom is -0.388 e. The van der Waals surface area contributed by atoms with Gasteiger partial charge in [0.25, 0.3) is 0 Å². The third kappa shape index (κ3) is 4.23. The predicted molar refractivity (Wildman–Crippen MR) is 92.2 cm³/mol. The lowest BCUT2D eigenvalue weighted by molar-refractivity contribution is -0.134. The van der Waals surface area contributed by atoms with Crippen LogP contribution in [0.4, 0.5) is 0 Å². The second kappa shape index (κ2) is 8.11. The molecule has 1 aromatic heterocycles. The fourth-order valence-corrected chi connectivity index (χ4v) is 3.45. The van der Waals surface area contributed by atoms with Crippen LogP contribution in [0.2, 0.25) is 0 Å². The van der Waals surface area contributed by atoms with Gasteiger partial charge in [-0.05, 0) is 24.8 Å². The van der Waals surface area contributed by atoms with Crippen molar-refractivity contribution in [3.8, 4) is 0 Å². The zero-order valence-corrected chi connectivity index (χ0v) is 13.9. The largest absolute Gasteiger partial charge is 0.388 e. The topological polar surface area (TPSA) is 58.4 Å². The summed E-state index contributed by atoms with van der Waals surface area (Å²) >= 11 is 0. The first kappa shape index (κ1) is 16.7. The van der Waals surface area contributed by atoms with E-state index in [2.05, 4.69) is 4.98 Å². The molecular weight excluding hydrogens is 302 g/mol. The number of aromatic nitrogens is 2. The van der Waals surface area contributed by atoms with Gasteiger partial charge in [0, 0.05) is 25.0 Å². The van der Waals surface area contributed by atoms with E-state index in [4.69, 9.17) is 0 Å². The smallest absolute Gasteiger partial charge is 0.242 e. The number of hydrogen-bond acceptors (Lipinski definition) is 3. The van der Waals surface area contributed by atoms with Gasteiger partial charge in [0.1, 0.15) is 6.54 Å². The molecule has 5 nitrogen and oxygen atoms in total. The zero-order chi connectivity index (χ0) is 16.8. The van der Waals surface area contributed by atoms with Crippen LogP contribution >= 0.6 is 0 Å². The highest BCUT2D eigenvalue weighted by atomic mass is 16.3. The molecule has 0 saturated carbocycles. The monoisotopic (exact) mass is 327 g/mol. The Morgan fingerprint density at radius 3 is 2.83 bits per heavy atom. The molecule has 128 valence electrons. The highest BCUT2D eigenvalue weighted by Gasteiger charge is 2.27. The Kier molecular flexibility index (Phi) is 5.64. The van der Waals surface area contributed by atoms with Gasteiger partial charge >= 0.3 is 0 Å². The highest BCUT2D eigenvalue weighted by Crippen LogP contribution is 2.26. The second-order valence-corrected chi connectivity index (χ2v) is 6.49. The third-order valence-electron chi connectivity index (χ3n) is 4.75. The molecule has 1 aliphatic rings. The van der Waals surface area contributed by atoms with Crippen LogP contribution in [-0.4, -0.2) is 38.1 Å². The summed E-state index contributed by atoms with van der Waals surface area (Å²) in [4.78, 5) is 18.7. The first-order valence-electron chi connectivity index (χ1n) is 8.72. The van der Waals surface area contributed by atoms with Crippen LogP contribution in [-0.2, 0) is 11.3 Å². The van der Waals surface area contributed by atoms with Crippen molar-refractivity contribution < 1.29 is 9.90 Å². The molecule has 1 fully saturated rings. The van der Waals surface area contributed by atoms with E-state index in [0.717, 1.165) is 37.8 Å². The van der Waals surface area contributed by atoms with Gasteiger partial charge in [-0.2, -0.15) is 0 Å². The molecule has 24 heavy (non-hydrogen) atoms. The fraction of sp³-hybridized carbons (Fsp3) is 0.474. The van der Waals surface area contributed by atoms with Gasteiger partial charge in [0.2, 0.25) is 5.91 Å². The van der Waals surface area contributed by atoms with Gasteiger partial charge in [-0.3, -0.25) is 4.79 Å². The first-order chi connectivity index (χ1) is 11.7. The van der Waals surface area contributed by atoms with Crippen molar-refractivity contribution in [1.82, 2.24) is 14.5 Å². The van der Waals surface area contributed by atoms with E-state index >= 15 is 0 Å². The average molecular weight is 327 g/mol. The molecule has 1 saturated heterocycles. The molecule has 2 heterocycles. The van der Waals surface area contributed by atoms with Gasteiger partial charge in [0.15, 0.2) is 0 Å². The van der Waals surface area contributed by atoms with Crippen LogP contribution in [0.3, 0.4) is 0 Å². The van der Waals surface area contributed by atoms with Crippen LogP contribution in [0.1, 0.15) is 43.8 Å². The first-order valence-corrected chi connectivity index (χ1v) is 8.72. The van der Waals surface area contributed by atoms with E-state index in [9.17, 15) is 9.90 Å². The van der Waals surface area contributed by atoms with Crippen molar-refractivity contribution in [1.29, 1.82) is 0 Å². The number of imidazole rings is 1. The molecule has 1 aromatic carbocycles. The maximum absolute atomic E-state index is 12.7. The quantitative estimate of drug-likeness (QED) is 0.919. The molecule has 1 aliphatic heterocycles. The molecule has 0 aliphatic carbocycles. The number of nitrogens with zero attached hydrogens (tertiary/aromatic N) is 3. The Hall–Kier alpha value is -2.14. The summed E-state index contributed by atoms with van der Waals surface area (Å²) < 4.78 is 1.80. The van der Waals surface area contributed by atoms with E-state index in [1.807, 2.05) is 41.4 Å². The Bertz CT molecular complexity index is 627. The number of benzene rings is 1. The van der Waals surface area contributed by atoms with Crippen molar-refractivity contribution in [3.63, 3.8) is 0 Å². The third-order valence-corrected chi connectivity index (χ3v) is 4.75. The summed E-state index contributed by atoms with van der Waals surface area (Å²) in [5, 5.41) is 10.6. The van der Waals surface area contributed by atoms with Crippen LogP contribution in [0.15, 0.2) is 49.1 Å². The number of carbonyl (C=O) groups is 1. The minimum absolute atomic E-state index is 0.0960. The molecule has 1 amide bonds. The van der Waals surface area contributed by atoms with Gasteiger partial charge in [-0.25, -0.2) is 4.98 Å². The van der Waals surface area contributed by atoms with Crippen molar-refractivity contribution >= 4 is 5.91 Å². The van der Waals surface area contributed by atoms with Gasteiger partial charge in [-0.15, -0.1) is 0 Å². The summed E-state index contributed by atoms with van der Waals surface area (Å²) in [6.45, 7) is 1.09. The predicted octanol–water partition coefficient (Wildman–Crippen LogP) is 2.78. The maximum atomic E-state index is 12.7. The van der Waals surface area contributed by atoms with E-state index in [1.54, 1.807) is 17.1 Å². The lowest BCUT2D eigenvalue weighted by Gasteiger charge is -2.32. The second-order valence-electron chi connectivity index (χ2n) is 6.49. The summed E-state index contributed by atoms with van der Waals surface area (Å²) in [5.74, 6) is 0.111. The van der Waals surface area contributed by atoms with Crippen molar-refractivity contribution in [2.24, 2.45) is 0 Å². The normalized spacial score (nSPS) is 19.7. The lowest BCUT2D eigenvalue weighted by Crippen LogP contribution is -2.42. The van der Waals surface area contributed by atoms with Gasteiger partial charge < -0.3 is 14.6 Å². The molecule has 2 aromatic rings. The van der Waals surface area contributed by atoms with Crippen LogP contribution < -0.4 is 0 Å². The molecule has 0 spiro atoms. The number of amides is 1. The lowest BCUT2D eigenvalue weighted by atomic mass is 9.98. The standard InChI is InChI=1S/C19H25N3O2/c23-18(16-7-3-1-4-8-16)13-17-9-5-2-6-11-22(17)19(24)14-21-12-10-20-15-21/h1,3-4,7-8,10,12,15,17-18,23H,2,5-6,9,11,13-14H2/t17-,18-/m0/s1. The number of rotatable bonds is 5. The number of carbonyl (C=O) groups excluding carboxylic acids is 1. The van der Waals surface area contributed by atoms with E-state index in [1.165, 1.54) is 0 Å². The van der Waals surface area contributed by atoms with Crippen molar-refractivity contribution in [2.75, 3.05) is 6.54 Å². The van der Waals surface area contributed by atoms with Gasteiger partial charge in [0.05, 0.1) is 12.4 Å². The van der Waals surface area contributed by atoms with Crippen LogP contribution in [0.5, 0.6) is 0 Å².